The lowest BCUT2D eigenvalue weighted by molar-refractivity contribution is -0.124. The van der Waals surface area contributed by atoms with Crippen LogP contribution in [0.5, 0.6) is 5.75 Å². The molecule has 0 unspecified atom stereocenters. The first-order valence-electron chi connectivity index (χ1n) is 9.50. The lowest BCUT2D eigenvalue weighted by Gasteiger charge is -2.09. The van der Waals surface area contributed by atoms with Crippen LogP contribution in [0.4, 0.5) is 5.69 Å². The van der Waals surface area contributed by atoms with E-state index in [9.17, 15) is 9.59 Å². The first-order chi connectivity index (χ1) is 13.9. The lowest BCUT2D eigenvalue weighted by Crippen LogP contribution is -2.21. The zero-order valence-corrected chi connectivity index (χ0v) is 17.7. The van der Waals surface area contributed by atoms with Crippen LogP contribution in [-0.4, -0.2) is 24.6 Å². The molecule has 0 heterocycles. The quantitative estimate of drug-likeness (QED) is 0.463. The molecule has 0 aliphatic heterocycles. The van der Waals surface area contributed by atoms with Gasteiger partial charge >= 0.3 is 0 Å². The summed E-state index contributed by atoms with van der Waals surface area (Å²) in [6.45, 7) is 6.47. The lowest BCUT2D eigenvalue weighted by atomic mass is 10.1. The predicted molar refractivity (Wildman–Crippen MR) is 117 cm³/mol. The van der Waals surface area contributed by atoms with E-state index in [1.807, 2.05) is 39.0 Å². The van der Waals surface area contributed by atoms with Crippen LogP contribution in [0.25, 0.3) is 0 Å². The molecule has 29 heavy (non-hydrogen) atoms. The highest BCUT2D eigenvalue weighted by atomic mass is 35.5. The first kappa shape index (κ1) is 22.4. The molecule has 0 bridgehead atoms. The van der Waals surface area contributed by atoms with Gasteiger partial charge in [-0.05, 0) is 55.7 Å². The van der Waals surface area contributed by atoms with E-state index in [2.05, 4.69) is 15.8 Å². The normalized spacial score (nSPS) is 10.8. The van der Waals surface area contributed by atoms with Crippen molar-refractivity contribution in [3.63, 3.8) is 0 Å². The molecule has 0 aliphatic rings. The first-order valence-corrected chi connectivity index (χ1v) is 9.88. The van der Waals surface area contributed by atoms with Crippen molar-refractivity contribution < 1.29 is 14.3 Å². The third-order valence-electron chi connectivity index (χ3n) is 4.07. The van der Waals surface area contributed by atoms with Crippen molar-refractivity contribution in [2.75, 3.05) is 11.9 Å². The van der Waals surface area contributed by atoms with E-state index in [1.54, 1.807) is 18.2 Å². The SMILES string of the molecule is CCCOc1ccc(Cl)cc1C=NNC(=O)CCC(=O)Nc1cc(C)ccc1C. The molecular weight excluding hydrogens is 390 g/mol. The fourth-order valence-electron chi connectivity index (χ4n) is 2.50. The highest BCUT2D eigenvalue weighted by Crippen LogP contribution is 2.21. The third-order valence-corrected chi connectivity index (χ3v) is 4.31. The minimum Gasteiger partial charge on any atom is -0.493 e. The number of hydrogen-bond acceptors (Lipinski definition) is 4. The largest absolute Gasteiger partial charge is 0.493 e. The number of nitrogens with one attached hydrogen (secondary N) is 2. The number of ether oxygens (including phenoxy) is 1. The molecule has 0 radical (unpaired) electrons. The molecule has 0 spiro atoms. The highest BCUT2D eigenvalue weighted by molar-refractivity contribution is 6.30. The van der Waals surface area contributed by atoms with Gasteiger partial charge in [-0.15, -0.1) is 0 Å². The van der Waals surface area contributed by atoms with E-state index in [4.69, 9.17) is 16.3 Å². The van der Waals surface area contributed by atoms with Crippen molar-refractivity contribution in [2.45, 2.75) is 40.0 Å². The molecule has 7 heteroatoms. The number of nitrogens with zero attached hydrogens (tertiary/aromatic N) is 1. The Labute approximate surface area is 176 Å². The number of amides is 2. The minimum absolute atomic E-state index is 0.0305. The van der Waals surface area contributed by atoms with Crippen LogP contribution in [0, 0.1) is 13.8 Å². The average molecular weight is 416 g/mol. The van der Waals surface area contributed by atoms with Gasteiger partial charge in [0.2, 0.25) is 11.8 Å². The molecule has 2 amide bonds. The van der Waals surface area contributed by atoms with Gasteiger partial charge in [0.05, 0.1) is 12.8 Å². The topological polar surface area (TPSA) is 79.8 Å². The number of hydrogen-bond donors (Lipinski definition) is 2. The van der Waals surface area contributed by atoms with Gasteiger partial charge in [0.1, 0.15) is 5.75 Å². The molecule has 0 saturated carbocycles. The maximum atomic E-state index is 12.1. The molecule has 0 aliphatic carbocycles. The molecule has 2 aromatic rings. The van der Waals surface area contributed by atoms with Crippen LogP contribution in [-0.2, 0) is 9.59 Å². The number of hydrazone groups is 1. The monoisotopic (exact) mass is 415 g/mol. The summed E-state index contributed by atoms with van der Waals surface area (Å²) in [5.74, 6) is 0.0699. The number of halogens is 1. The van der Waals surface area contributed by atoms with Crippen molar-refractivity contribution in [1.82, 2.24) is 5.43 Å². The van der Waals surface area contributed by atoms with Crippen LogP contribution in [0.3, 0.4) is 0 Å². The molecule has 2 N–H and O–H groups in total. The maximum absolute atomic E-state index is 12.1. The summed E-state index contributed by atoms with van der Waals surface area (Å²) in [5.41, 5.74) is 5.88. The van der Waals surface area contributed by atoms with Crippen LogP contribution in [0.15, 0.2) is 41.5 Å². The average Bonchev–Trinajstić information content (AvgIpc) is 2.68. The number of aryl methyl sites for hydroxylation is 2. The highest BCUT2D eigenvalue weighted by Gasteiger charge is 2.09. The molecule has 0 saturated heterocycles. The van der Waals surface area contributed by atoms with Crippen LogP contribution in [0.2, 0.25) is 5.02 Å². The van der Waals surface area contributed by atoms with Crippen molar-refractivity contribution in [3.8, 4) is 5.75 Å². The van der Waals surface area contributed by atoms with Gasteiger partial charge in [-0.1, -0.05) is 30.7 Å². The summed E-state index contributed by atoms with van der Waals surface area (Å²) in [4.78, 5) is 24.1. The molecule has 2 aromatic carbocycles. The second-order valence-electron chi connectivity index (χ2n) is 6.69. The van der Waals surface area contributed by atoms with Crippen LogP contribution < -0.4 is 15.5 Å². The van der Waals surface area contributed by atoms with Gasteiger partial charge in [0.15, 0.2) is 0 Å². The van der Waals surface area contributed by atoms with Crippen LogP contribution >= 0.6 is 11.6 Å². The van der Waals surface area contributed by atoms with Gasteiger partial charge in [-0.25, -0.2) is 5.43 Å². The Balaban J connectivity index is 1.84. The summed E-state index contributed by atoms with van der Waals surface area (Å²) in [5, 5.41) is 7.32. The Bertz CT molecular complexity index is 897. The smallest absolute Gasteiger partial charge is 0.240 e. The molecule has 2 rings (SSSR count). The van der Waals surface area contributed by atoms with E-state index in [-0.39, 0.29) is 24.7 Å². The fourth-order valence-corrected chi connectivity index (χ4v) is 2.68. The third kappa shape index (κ3) is 7.58. The second-order valence-corrected chi connectivity index (χ2v) is 7.13. The van der Waals surface area contributed by atoms with Crippen LogP contribution in [0.1, 0.15) is 42.9 Å². The number of carbonyl (C=O) groups excluding carboxylic acids is 2. The maximum Gasteiger partial charge on any atom is 0.240 e. The fraction of sp³-hybridized carbons (Fsp3) is 0.318. The number of rotatable bonds is 9. The Hall–Kier alpha value is -2.86. The molecule has 0 atom stereocenters. The molecule has 6 nitrogen and oxygen atoms in total. The zero-order chi connectivity index (χ0) is 21.2. The van der Waals surface area contributed by atoms with E-state index >= 15 is 0 Å². The number of anilines is 1. The predicted octanol–water partition coefficient (Wildman–Crippen LogP) is 4.61. The summed E-state index contributed by atoms with van der Waals surface area (Å²) >= 11 is 6.02. The minimum atomic E-state index is -0.351. The molecule has 154 valence electrons. The Morgan fingerprint density at radius 2 is 1.86 bits per heavy atom. The van der Waals surface area contributed by atoms with Gasteiger partial charge in [0.25, 0.3) is 0 Å². The summed E-state index contributed by atoms with van der Waals surface area (Å²) in [7, 11) is 0. The molecule has 0 aromatic heterocycles. The number of carbonyl (C=O) groups is 2. The second kappa shape index (κ2) is 11.2. The standard InChI is InChI=1S/C22H26ClN3O3/c1-4-11-29-20-8-7-18(23)13-17(20)14-24-26-22(28)10-9-21(27)25-19-12-15(2)5-6-16(19)3/h5-8,12-14H,4,9-11H2,1-3H3,(H,25,27)(H,26,28). The van der Waals surface area contributed by atoms with Crippen molar-refractivity contribution >= 4 is 35.3 Å². The Morgan fingerprint density at radius 3 is 2.62 bits per heavy atom. The van der Waals surface area contributed by atoms with Gasteiger partial charge in [0, 0.05) is 29.1 Å². The van der Waals surface area contributed by atoms with E-state index < -0.39 is 0 Å². The van der Waals surface area contributed by atoms with E-state index in [0.29, 0.717) is 22.9 Å². The van der Waals surface area contributed by atoms with E-state index in [0.717, 1.165) is 23.2 Å². The van der Waals surface area contributed by atoms with Crippen molar-refractivity contribution in [2.24, 2.45) is 5.10 Å². The van der Waals surface area contributed by atoms with Gasteiger partial charge < -0.3 is 10.1 Å². The molecular formula is C22H26ClN3O3. The Morgan fingerprint density at radius 1 is 1.10 bits per heavy atom. The van der Waals surface area contributed by atoms with Crippen molar-refractivity contribution in [1.29, 1.82) is 0 Å². The zero-order valence-electron chi connectivity index (χ0n) is 16.9. The summed E-state index contributed by atoms with van der Waals surface area (Å²) < 4.78 is 5.64. The summed E-state index contributed by atoms with van der Waals surface area (Å²) in [6, 6.07) is 11.0. The van der Waals surface area contributed by atoms with Gasteiger partial charge in [-0.2, -0.15) is 5.10 Å². The Kier molecular flexibility index (Phi) is 8.68. The van der Waals surface area contributed by atoms with Gasteiger partial charge in [-0.3, -0.25) is 9.59 Å². The number of benzene rings is 2. The summed E-state index contributed by atoms with van der Waals surface area (Å²) in [6.07, 6.45) is 2.45. The van der Waals surface area contributed by atoms with E-state index in [1.165, 1.54) is 6.21 Å². The van der Waals surface area contributed by atoms with Crippen molar-refractivity contribution in [3.05, 3.63) is 58.1 Å². The molecule has 0 fully saturated rings.